The molecule has 0 saturated heterocycles. The summed E-state index contributed by atoms with van der Waals surface area (Å²) in [5.41, 5.74) is 1.29. The first-order valence-electron chi connectivity index (χ1n) is 7.01. The normalized spacial score (nSPS) is 12.8. The monoisotopic (exact) mass is 291 g/mol. The van der Waals surface area contributed by atoms with E-state index in [0.29, 0.717) is 0 Å². The van der Waals surface area contributed by atoms with Gasteiger partial charge in [-0.2, -0.15) is 0 Å². The fraction of sp³-hybridized carbons (Fsp3) is 0.467. The number of carbonyl (C=O) groups excluding carboxylic acids is 1. The second kappa shape index (κ2) is 6.13. The first-order valence-corrected chi connectivity index (χ1v) is 7.01. The van der Waals surface area contributed by atoms with Crippen molar-refractivity contribution in [2.24, 2.45) is 13.0 Å². The molecule has 0 fully saturated rings. The molecule has 1 amide bonds. The summed E-state index contributed by atoms with van der Waals surface area (Å²) >= 11 is 0. The fourth-order valence-corrected chi connectivity index (χ4v) is 2.17. The summed E-state index contributed by atoms with van der Waals surface area (Å²) < 4.78 is 2.96. The van der Waals surface area contributed by atoms with Crippen LogP contribution in [0.2, 0.25) is 0 Å². The van der Waals surface area contributed by atoms with Crippen LogP contribution < -0.4 is 11.0 Å². The number of fused-ring (bicyclic) bond motifs is 1. The maximum atomic E-state index is 12.2. The SMILES string of the molecule is CC(C)C(O)CNC(=O)Cn1c(=O)n(C)c2ccccc21. The van der Waals surface area contributed by atoms with Crippen molar-refractivity contribution >= 4 is 16.9 Å². The molecule has 1 aromatic carbocycles. The van der Waals surface area contributed by atoms with Gasteiger partial charge in [0.25, 0.3) is 0 Å². The van der Waals surface area contributed by atoms with Crippen molar-refractivity contribution in [3.63, 3.8) is 0 Å². The van der Waals surface area contributed by atoms with Crippen LogP contribution in [0.15, 0.2) is 29.1 Å². The molecule has 1 heterocycles. The molecule has 0 aliphatic carbocycles. The molecule has 0 radical (unpaired) electrons. The average Bonchev–Trinajstić information content (AvgIpc) is 2.70. The standard InChI is InChI=1S/C15H21N3O3/c1-10(2)13(19)8-16-14(20)9-18-12-7-5-4-6-11(12)17(3)15(18)21/h4-7,10,13,19H,8-9H2,1-3H3,(H,16,20). The highest BCUT2D eigenvalue weighted by atomic mass is 16.3. The molecular formula is C15H21N3O3. The minimum absolute atomic E-state index is 0.0506. The molecule has 1 aromatic heterocycles. The molecule has 6 nitrogen and oxygen atoms in total. The zero-order valence-electron chi connectivity index (χ0n) is 12.5. The summed E-state index contributed by atoms with van der Waals surface area (Å²) in [5, 5.41) is 12.3. The summed E-state index contributed by atoms with van der Waals surface area (Å²) in [6.07, 6.45) is -0.585. The molecule has 0 saturated carbocycles. The number of aliphatic hydroxyl groups excluding tert-OH is 1. The highest BCUT2D eigenvalue weighted by molar-refractivity contribution is 5.80. The molecule has 21 heavy (non-hydrogen) atoms. The zero-order valence-corrected chi connectivity index (χ0v) is 12.5. The topological polar surface area (TPSA) is 76.3 Å². The van der Waals surface area contributed by atoms with Gasteiger partial charge >= 0.3 is 5.69 Å². The summed E-state index contributed by atoms with van der Waals surface area (Å²) in [6.45, 7) is 3.90. The number of hydrogen-bond acceptors (Lipinski definition) is 3. The van der Waals surface area contributed by atoms with E-state index >= 15 is 0 Å². The third-order valence-corrected chi connectivity index (χ3v) is 3.63. The number of imidazole rings is 1. The van der Waals surface area contributed by atoms with E-state index in [2.05, 4.69) is 5.32 Å². The van der Waals surface area contributed by atoms with Crippen LogP contribution in [-0.4, -0.2) is 32.8 Å². The van der Waals surface area contributed by atoms with E-state index < -0.39 is 6.10 Å². The summed E-state index contributed by atoms with van der Waals surface area (Å²) in [7, 11) is 1.68. The van der Waals surface area contributed by atoms with Gasteiger partial charge in [0, 0.05) is 13.6 Å². The van der Waals surface area contributed by atoms with Crippen LogP contribution in [0.5, 0.6) is 0 Å². The third-order valence-electron chi connectivity index (χ3n) is 3.63. The summed E-state index contributed by atoms with van der Waals surface area (Å²) in [4.78, 5) is 24.1. The minimum Gasteiger partial charge on any atom is -0.391 e. The van der Waals surface area contributed by atoms with E-state index in [9.17, 15) is 14.7 Å². The molecular weight excluding hydrogens is 270 g/mol. The lowest BCUT2D eigenvalue weighted by Gasteiger charge is -2.15. The Hall–Kier alpha value is -2.08. The maximum absolute atomic E-state index is 12.2. The molecule has 1 atom stereocenters. The van der Waals surface area contributed by atoms with Crippen LogP contribution in [0, 0.1) is 5.92 Å². The Morgan fingerprint density at radius 2 is 1.90 bits per heavy atom. The summed E-state index contributed by atoms with van der Waals surface area (Å²) in [6, 6.07) is 7.34. The Bertz CT molecular complexity index is 700. The molecule has 0 bridgehead atoms. The number of rotatable bonds is 5. The lowest BCUT2D eigenvalue weighted by atomic mass is 10.1. The van der Waals surface area contributed by atoms with Crippen molar-refractivity contribution in [1.82, 2.24) is 14.5 Å². The van der Waals surface area contributed by atoms with Gasteiger partial charge in [0.1, 0.15) is 6.54 Å². The van der Waals surface area contributed by atoms with Crippen LogP contribution in [0.25, 0.3) is 11.0 Å². The largest absolute Gasteiger partial charge is 0.391 e. The van der Waals surface area contributed by atoms with E-state index in [0.717, 1.165) is 11.0 Å². The Morgan fingerprint density at radius 3 is 2.52 bits per heavy atom. The van der Waals surface area contributed by atoms with Crippen LogP contribution in [0.3, 0.4) is 0 Å². The highest BCUT2D eigenvalue weighted by Crippen LogP contribution is 2.11. The van der Waals surface area contributed by atoms with Crippen molar-refractivity contribution < 1.29 is 9.90 Å². The number of nitrogens with zero attached hydrogens (tertiary/aromatic N) is 2. The first kappa shape index (κ1) is 15.3. The van der Waals surface area contributed by atoms with Crippen molar-refractivity contribution in [1.29, 1.82) is 0 Å². The Kier molecular flexibility index (Phi) is 4.47. The number of para-hydroxylation sites is 2. The third kappa shape index (κ3) is 3.16. The number of aromatic nitrogens is 2. The van der Waals surface area contributed by atoms with Crippen LogP contribution >= 0.6 is 0 Å². The molecule has 0 aliphatic rings. The van der Waals surface area contributed by atoms with E-state index in [1.807, 2.05) is 38.1 Å². The van der Waals surface area contributed by atoms with Gasteiger partial charge in [0.05, 0.1) is 17.1 Å². The van der Waals surface area contributed by atoms with Gasteiger partial charge in [-0.15, -0.1) is 0 Å². The fourth-order valence-electron chi connectivity index (χ4n) is 2.17. The van der Waals surface area contributed by atoms with E-state index in [4.69, 9.17) is 0 Å². The van der Waals surface area contributed by atoms with Crippen LogP contribution in [-0.2, 0) is 18.4 Å². The van der Waals surface area contributed by atoms with Crippen LogP contribution in [0.1, 0.15) is 13.8 Å². The summed E-state index contributed by atoms with van der Waals surface area (Å²) in [5.74, 6) is -0.210. The number of aliphatic hydroxyl groups is 1. The maximum Gasteiger partial charge on any atom is 0.329 e. The van der Waals surface area contributed by atoms with Gasteiger partial charge in [-0.05, 0) is 18.1 Å². The molecule has 1 unspecified atom stereocenters. The van der Waals surface area contributed by atoms with E-state index in [1.54, 1.807) is 7.05 Å². The number of carbonyl (C=O) groups is 1. The van der Waals surface area contributed by atoms with Gasteiger partial charge in [-0.25, -0.2) is 4.79 Å². The predicted octanol–water partition coefficient (Wildman–Crippen LogP) is 0.473. The van der Waals surface area contributed by atoms with Crippen molar-refractivity contribution in [2.45, 2.75) is 26.5 Å². The lowest BCUT2D eigenvalue weighted by Crippen LogP contribution is -2.38. The molecule has 114 valence electrons. The Morgan fingerprint density at radius 1 is 1.29 bits per heavy atom. The predicted molar refractivity (Wildman–Crippen MR) is 81.0 cm³/mol. The van der Waals surface area contributed by atoms with Crippen molar-refractivity contribution in [3.8, 4) is 0 Å². The van der Waals surface area contributed by atoms with Crippen LogP contribution in [0.4, 0.5) is 0 Å². The quantitative estimate of drug-likeness (QED) is 0.841. The van der Waals surface area contributed by atoms with Crippen molar-refractivity contribution in [2.75, 3.05) is 6.54 Å². The Balaban J connectivity index is 2.15. The number of aryl methyl sites for hydroxylation is 1. The molecule has 0 spiro atoms. The molecule has 2 aromatic rings. The number of nitrogens with one attached hydrogen (secondary N) is 1. The number of amides is 1. The number of benzene rings is 1. The molecule has 6 heteroatoms. The number of hydrogen-bond donors (Lipinski definition) is 2. The molecule has 2 N–H and O–H groups in total. The molecule has 2 rings (SSSR count). The molecule has 0 aliphatic heterocycles. The van der Waals surface area contributed by atoms with Crippen molar-refractivity contribution in [3.05, 3.63) is 34.7 Å². The Labute approximate surface area is 123 Å². The minimum atomic E-state index is -0.585. The van der Waals surface area contributed by atoms with E-state index in [-0.39, 0.29) is 30.6 Å². The van der Waals surface area contributed by atoms with Gasteiger partial charge in [0.15, 0.2) is 0 Å². The van der Waals surface area contributed by atoms with E-state index in [1.165, 1.54) is 9.13 Å². The average molecular weight is 291 g/mol. The van der Waals surface area contributed by atoms with Gasteiger partial charge in [-0.3, -0.25) is 13.9 Å². The first-order chi connectivity index (χ1) is 9.91. The lowest BCUT2D eigenvalue weighted by molar-refractivity contribution is -0.122. The van der Waals surface area contributed by atoms with Gasteiger partial charge in [0.2, 0.25) is 5.91 Å². The zero-order chi connectivity index (χ0) is 15.6. The highest BCUT2D eigenvalue weighted by Gasteiger charge is 2.14. The second-order valence-electron chi connectivity index (χ2n) is 5.53. The second-order valence-corrected chi connectivity index (χ2v) is 5.53. The van der Waals surface area contributed by atoms with Gasteiger partial charge < -0.3 is 10.4 Å². The van der Waals surface area contributed by atoms with Gasteiger partial charge in [-0.1, -0.05) is 26.0 Å². The smallest absolute Gasteiger partial charge is 0.329 e.